The SMILES string of the molecule is N#Cc1c(N)[nH]c(=O)c(C#N)c1-c1c(F)cc(F)c(Cl)c1F. The number of aromatic nitrogens is 1. The Bertz CT molecular complexity index is 941. The fourth-order valence-corrected chi connectivity index (χ4v) is 2.04. The summed E-state index contributed by atoms with van der Waals surface area (Å²) in [6.07, 6.45) is 0. The maximum absolute atomic E-state index is 14.1. The van der Waals surface area contributed by atoms with Gasteiger partial charge < -0.3 is 10.7 Å². The van der Waals surface area contributed by atoms with E-state index in [9.17, 15) is 18.0 Å². The number of hydrogen-bond donors (Lipinski definition) is 2. The fraction of sp³-hybridized carbons (Fsp3) is 0. The molecule has 1 aromatic heterocycles. The third-order valence-corrected chi connectivity index (χ3v) is 3.18. The molecule has 0 aliphatic rings. The predicted octanol–water partition coefficient (Wildman–Crippen LogP) is 2.44. The number of nitrogens with two attached hydrogens (primary N) is 1. The van der Waals surface area contributed by atoms with Crippen molar-refractivity contribution in [2.45, 2.75) is 0 Å². The maximum atomic E-state index is 14.1. The second-order valence-corrected chi connectivity index (χ2v) is 4.44. The summed E-state index contributed by atoms with van der Waals surface area (Å²) in [6, 6.07) is 3.25. The lowest BCUT2D eigenvalue weighted by Gasteiger charge is -2.11. The number of H-pyrrole nitrogens is 1. The van der Waals surface area contributed by atoms with Crippen LogP contribution >= 0.6 is 11.6 Å². The molecule has 1 aromatic carbocycles. The van der Waals surface area contributed by atoms with Gasteiger partial charge in [-0.15, -0.1) is 0 Å². The molecule has 0 unspecified atom stereocenters. The van der Waals surface area contributed by atoms with E-state index in [1.807, 2.05) is 4.98 Å². The van der Waals surface area contributed by atoms with Gasteiger partial charge in [0.05, 0.1) is 5.56 Å². The first-order chi connectivity index (χ1) is 10.3. The molecular weight excluding hydrogens is 321 g/mol. The van der Waals surface area contributed by atoms with Crippen LogP contribution in [0.2, 0.25) is 5.02 Å². The molecule has 0 radical (unpaired) electrons. The van der Waals surface area contributed by atoms with E-state index in [0.29, 0.717) is 0 Å². The van der Waals surface area contributed by atoms with E-state index in [-0.39, 0.29) is 6.07 Å². The highest BCUT2D eigenvalue weighted by atomic mass is 35.5. The van der Waals surface area contributed by atoms with Crippen LogP contribution in [0.25, 0.3) is 11.1 Å². The zero-order chi connectivity index (χ0) is 16.6. The van der Waals surface area contributed by atoms with Crippen LogP contribution in [-0.4, -0.2) is 4.98 Å². The minimum atomic E-state index is -1.54. The van der Waals surface area contributed by atoms with Crippen molar-refractivity contribution in [1.29, 1.82) is 10.5 Å². The second-order valence-electron chi connectivity index (χ2n) is 4.06. The Hall–Kier alpha value is -2.97. The smallest absolute Gasteiger partial charge is 0.268 e. The van der Waals surface area contributed by atoms with Gasteiger partial charge in [0.1, 0.15) is 45.7 Å². The van der Waals surface area contributed by atoms with Gasteiger partial charge in [0.2, 0.25) is 0 Å². The highest BCUT2D eigenvalue weighted by molar-refractivity contribution is 6.31. The average molecular weight is 325 g/mol. The minimum absolute atomic E-state index is 0.278. The van der Waals surface area contributed by atoms with Crippen molar-refractivity contribution in [1.82, 2.24) is 4.98 Å². The first-order valence-corrected chi connectivity index (χ1v) is 5.90. The lowest BCUT2D eigenvalue weighted by atomic mass is 9.95. The van der Waals surface area contributed by atoms with E-state index in [0.717, 1.165) is 0 Å². The number of hydrogen-bond acceptors (Lipinski definition) is 4. The molecule has 1 heterocycles. The van der Waals surface area contributed by atoms with Gasteiger partial charge in [-0.3, -0.25) is 4.79 Å². The van der Waals surface area contributed by atoms with Crippen LogP contribution in [-0.2, 0) is 0 Å². The first kappa shape index (κ1) is 15.4. The molecule has 2 aromatic rings. The summed E-state index contributed by atoms with van der Waals surface area (Å²) >= 11 is 5.38. The van der Waals surface area contributed by atoms with Crippen LogP contribution < -0.4 is 11.3 Å². The highest BCUT2D eigenvalue weighted by Crippen LogP contribution is 2.36. The van der Waals surface area contributed by atoms with Crippen molar-refractivity contribution < 1.29 is 13.2 Å². The molecule has 0 saturated heterocycles. The van der Waals surface area contributed by atoms with Crippen molar-refractivity contribution >= 4 is 17.4 Å². The van der Waals surface area contributed by atoms with Gasteiger partial charge in [0, 0.05) is 11.6 Å². The predicted molar refractivity (Wildman–Crippen MR) is 71.2 cm³/mol. The van der Waals surface area contributed by atoms with Gasteiger partial charge in [-0.2, -0.15) is 10.5 Å². The van der Waals surface area contributed by atoms with Crippen molar-refractivity contribution in [3.63, 3.8) is 0 Å². The van der Waals surface area contributed by atoms with Crippen LogP contribution in [0.5, 0.6) is 0 Å². The number of aromatic amines is 1. The summed E-state index contributed by atoms with van der Waals surface area (Å²) in [5.41, 5.74) is 1.45. The number of pyridine rings is 1. The van der Waals surface area contributed by atoms with Crippen molar-refractivity contribution in [3.8, 4) is 23.3 Å². The molecule has 5 nitrogen and oxygen atoms in total. The third kappa shape index (κ3) is 2.16. The Kier molecular flexibility index (Phi) is 3.81. The number of halogens is 4. The molecule has 2 rings (SSSR count). The van der Waals surface area contributed by atoms with Gasteiger partial charge >= 0.3 is 0 Å². The Morgan fingerprint density at radius 2 is 1.68 bits per heavy atom. The minimum Gasteiger partial charge on any atom is -0.384 e. The Balaban J connectivity index is 3.10. The monoisotopic (exact) mass is 324 g/mol. The Morgan fingerprint density at radius 3 is 2.23 bits per heavy atom. The van der Waals surface area contributed by atoms with Crippen LogP contribution in [0.4, 0.5) is 19.0 Å². The van der Waals surface area contributed by atoms with Crippen LogP contribution in [0.15, 0.2) is 10.9 Å². The van der Waals surface area contributed by atoms with Gasteiger partial charge in [-0.05, 0) is 0 Å². The number of nitrogens with one attached hydrogen (secondary N) is 1. The van der Waals surface area contributed by atoms with E-state index < -0.39 is 56.1 Å². The molecule has 22 heavy (non-hydrogen) atoms. The molecule has 0 spiro atoms. The molecule has 3 N–H and O–H groups in total. The van der Waals surface area contributed by atoms with E-state index in [4.69, 9.17) is 27.9 Å². The van der Waals surface area contributed by atoms with E-state index in [1.165, 1.54) is 12.1 Å². The highest BCUT2D eigenvalue weighted by Gasteiger charge is 2.26. The molecule has 0 aliphatic carbocycles. The van der Waals surface area contributed by atoms with Gasteiger partial charge in [0.15, 0.2) is 5.82 Å². The van der Waals surface area contributed by atoms with E-state index >= 15 is 0 Å². The lowest BCUT2D eigenvalue weighted by molar-refractivity contribution is 0.548. The molecule has 0 amide bonds. The van der Waals surface area contributed by atoms with E-state index in [2.05, 4.69) is 0 Å². The molecule has 0 bridgehead atoms. The average Bonchev–Trinajstić information content (AvgIpc) is 2.45. The summed E-state index contributed by atoms with van der Waals surface area (Å²) in [5, 5.41) is 17.0. The number of rotatable bonds is 1. The molecule has 9 heteroatoms. The largest absolute Gasteiger partial charge is 0.384 e. The van der Waals surface area contributed by atoms with Gasteiger partial charge in [-0.1, -0.05) is 11.6 Å². The summed E-state index contributed by atoms with van der Waals surface area (Å²) in [7, 11) is 0. The second kappa shape index (κ2) is 5.43. The zero-order valence-corrected chi connectivity index (χ0v) is 11.2. The molecule has 0 atom stereocenters. The van der Waals surface area contributed by atoms with Crippen LogP contribution in [0.3, 0.4) is 0 Å². The molecular formula is C13H4ClF3N4O. The molecule has 0 fully saturated rings. The topological polar surface area (TPSA) is 106 Å². The number of anilines is 1. The first-order valence-electron chi connectivity index (χ1n) is 5.52. The third-order valence-electron chi connectivity index (χ3n) is 2.83. The standard InChI is InChI=1S/C13H4ClF3N4O/c14-10-7(16)1-6(15)9(11(10)17)8-4(2-18)12(20)21-13(22)5(8)3-19/h1H,(H3,20,21,22). The normalized spacial score (nSPS) is 10.1. The van der Waals surface area contributed by atoms with Crippen molar-refractivity contribution in [2.75, 3.05) is 5.73 Å². The zero-order valence-electron chi connectivity index (χ0n) is 10.5. The Morgan fingerprint density at radius 1 is 1.09 bits per heavy atom. The van der Waals surface area contributed by atoms with Gasteiger partial charge in [-0.25, -0.2) is 13.2 Å². The fourth-order valence-electron chi connectivity index (χ4n) is 1.89. The summed E-state index contributed by atoms with van der Waals surface area (Å²) in [6.45, 7) is 0. The summed E-state index contributed by atoms with van der Waals surface area (Å²) in [5.74, 6) is -4.83. The molecule has 110 valence electrons. The maximum Gasteiger partial charge on any atom is 0.268 e. The number of nitrogens with zero attached hydrogens (tertiary/aromatic N) is 2. The van der Waals surface area contributed by atoms with Crippen molar-refractivity contribution in [3.05, 3.63) is 50.0 Å². The molecule has 0 saturated carbocycles. The number of nitrogen functional groups attached to an aromatic ring is 1. The van der Waals surface area contributed by atoms with Gasteiger partial charge in [0.25, 0.3) is 5.56 Å². The summed E-state index contributed by atoms with van der Waals surface area (Å²) in [4.78, 5) is 13.7. The van der Waals surface area contributed by atoms with Crippen molar-refractivity contribution in [2.24, 2.45) is 0 Å². The van der Waals surface area contributed by atoms with Crippen LogP contribution in [0, 0.1) is 40.1 Å². The van der Waals surface area contributed by atoms with E-state index in [1.54, 1.807) is 0 Å². The van der Waals surface area contributed by atoms with Crippen LogP contribution in [0.1, 0.15) is 11.1 Å². The molecule has 0 aliphatic heterocycles. The lowest BCUT2D eigenvalue weighted by Crippen LogP contribution is -2.17. The Labute approximate surface area is 126 Å². The quantitative estimate of drug-likeness (QED) is 0.620. The number of nitriles is 2. The number of benzene rings is 1. The summed E-state index contributed by atoms with van der Waals surface area (Å²) < 4.78 is 41.3.